The van der Waals surface area contributed by atoms with Crippen molar-refractivity contribution in [2.75, 3.05) is 12.3 Å². The van der Waals surface area contributed by atoms with Gasteiger partial charge in [-0.25, -0.2) is 9.37 Å². The quantitative estimate of drug-likeness (QED) is 0.600. The average Bonchev–Trinajstić information content (AvgIpc) is 3.01. The molecule has 0 aliphatic rings. The normalized spacial score (nSPS) is 12.2. The molecule has 2 aromatic carbocycles. The van der Waals surface area contributed by atoms with Crippen molar-refractivity contribution < 1.29 is 14.3 Å². The summed E-state index contributed by atoms with van der Waals surface area (Å²) in [6, 6.07) is 13.2. The predicted octanol–water partition coefficient (Wildman–Crippen LogP) is 2.64. The van der Waals surface area contributed by atoms with E-state index in [9.17, 15) is 14.3 Å². The maximum atomic E-state index is 12.8. The maximum absolute atomic E-state index is 12.8. The minimum Gasteiger partial charge on any atom is -0.387 e. The minimum absolute atomic E-state index is 0.0746. The first kappa shape index (κ1) is 16.5. The molecule has 0 saturated carbocycles. The zero-order valence-electron chi connectivity index (χ0n) is 12.7. The molecule has 7 heteroatoms. The fourth-order valence-electron chi connectivity index (χ4n) is 2.20. The van der Waals surface area contributed by atoms with Gasteiger partial charge in [0.05, 0.1) is 22.9 Å². The number of carbonyl (C=O) groups excluding carboxylic acids is 1. The summed E-state index contributed by atoms with van der Waals surface area (Å²) in [5, 5.41) is 13.3. The van der Waals surface area contributed by atoms with Crippen LogP contribution in [0.15, 0.2) is 53.7 Å². The lowest BCUT2D eigenvalue weighted by molar-refractivity contribution is -0.119. The van der Waals surface area contributed by atoms with Gasteiger partial charge in [-0.2, -0.15) is 0 Å². The summed E-state index contributed by atoms with van der Waals surface area (Å²) >= 11 is 1.29. The molecule has 3 N–H and O–H groups in total. The molecule has 0 saturated heterocycles. The Morgan fingerprint density at radius 2 is 2.00 bits per heavy atom. The number of hydrogen-bond acceptors (Lipinski definition) is 4. The lowest BCUT2D eigenvalue weighted by Gasteiger charge is -2.12. The zero-order chi connectivity index (χ0) is 16.9. The number of nitrogens with one attached hydrogen (secondary N) is 2. The van der Waals surface area contributed by atoms with Crippen molar-refractivity contribution >= 4 is 28.7 Å². The van der Waals surface area contributed by atoms with E-state index in [1.165, 1.54) is 36.0 Å². The van der Waals surface area contributed by atoms with Crippen LogP contribution in [0.5, 0.6) is 0 Å². The molecule has 0 bridgehead atoms. The van der Waals surface area contributed by atoms with Gasteiger partial charge in [-0.15, -0.1) is 0 Å². The number of rotatable bonds is 6. The van der Waals surface area contributed by atoms with Gasteiger partial charge >= 0.3 is 0 Å². The summed E-state index contributed by atoms with van der Waals surface area (Å²) in [5.74, 6) is -0.380. The molecule has 1 amide bonds. The van der Waals surface area contributed by atoms with Crippen LogP contribution in [-0.4, -0.2) is 33.3 Å². The van der Waals surface area contributed by atoms with Crippen LogP contribution in [0.2, 0.25) is 0 Å². The van der Waals surface area contributed by atoms with Gasteiger partial charge in [-0.05, 0) is 29.8 Å². The van der Waals surface area contributed by atoms with Crippen LogP contribution in [0.4, 0.5) is 4.39 Å². The number of aromatic amines is 1. The van der Waals surface area contributed by atoms with Crippen LogP contribution in [0.25, 0.3) is 11.0 Å². The number of H-pyrrole nitrogens is 1. The molecule has 3 rings (SSSR count). The number of benzene rings is 2. The fourth-order valence-corrected chi connectivity index (χ4v) is 2.91. The molecule has 124 valence electrons. The molecular weight excluding hydrogens is 329 g/mol. The van der Waals surface area contributed by atoms with Crippen LogP contribution in [0, 0.1) is 5.82 Å². The van der Waals surface area contributed by atoms with Crippen LogP contribution in [-0.2, 0) is 4.79 Å². The van der Waals surface area contributed by atoms with Gasteiger partial charge < -0.3 is 15.4 Å². The smallest absolute Gasteiger partial charge is 0.230 e. The molecule has 0 radical (unpaired) electrons. The van der Waals surface area contributed by atoms with Crippen LogP contribution in [0.1, 0.15) is 11.7 Å². The fraction of sp³-hybridized carbons (Fsp3) is 0.176. The van der Waals surface area contributed by atoms with E-state index in [1.54, 1.807) is 0 Å². The topological polar surface area (TPSA) is 78.0 Å². The number of aromatic nitrogens is 2. The summed E-state index contributed by atoms with van der Waals surface area (Å²) in [4.78, 5) is 19.4. The number of carbonyl (C=O) groups is 1. The Bertz CT molecular complexity index is 802. The number of para-hydroxylation sites is 2. The zero-order valence-corrected chi connectivity index (χ0v) is 13.5. The Hall–Kier alpha value is -2.38. The van der Waals surface area contributed by atoms with E-state index < -0.39 is 6.10 Å². The van der Waals surface area contributed by atoms with Crippen LogP contribution >= 0.6 is 11.8 Å². The Morgan fingerprint density at radius 1 is 1.25 bits per heavy atom. The number of aliphatic hydroxyl groups excluding tert-OH is 1. The molecule has 24 heavy (non-hydrogen) atoms. The van der Waals surface area contributed by atoms with Gasteiger partial charge in [0.1, 0.15) is 5.82 Å². The van der Waals surface area contributed by atoms with E-state index in [-0.39, 0.29) is 24.0 Å². The second-order valence-corrected chi connectivity index (χ2v) is 6.18. The van der Waals surface area contributed by atoms with Crippen molar-refractivity contribution in [3.8, 4) is 0 Å². The first-order valence-electron chi connectivity index (χ1n) is 7.39. The largest absolute Gasteiger partial charge is 0.387 e. The van der Waals surface area contributed by atoms with Gasteiger partial charge in [0, 0.05) is 6.54 Å². The highest BCUT2D eigenvalue weighted by Crippen LogP contribution is 2.19. The predicted molar refractivity (Wildman–Crippen MR) is 91.2 cm³/mol. The molecule has 0 fully saturated rings. The van der Waals surface area contributed by atoms with E-state index in [0.717, 1.165) is 11.0 Å². The van der Waals surface area contributed by atoms with Crippen molar-refractivity contribution in [2.24, 2.45) is 0 Å². The SMILES string of the molecule is O=C(CSc1nc2ccccc2[nH]1)NCC(O)c1ccc(F)cc1. The second-order valence-electron chi connectivity index (χ2n) is 5.22. The number of fused-ring (bicyclic) bond motifs is 1. The number of nitrogens with zero attached hydrogens (tertiary/aromatic N) is 1. The molecule has 1 heterocycles. The van der Waals surface area contributed by atoms with E-state index in [4.69, 9.17) is 0 Å². The molecule has 3 aromatic rings. The van der Waals surface area contributed by atoms with E-state index in [2.05, 4.69) is 15.3 Å². The summed E-state index contributed by atoms with van der Waals surface area (Å²) in [6.45, 7) is 0.0746. The third-order valence-corrected chi connectivity index (χ3v) is 4.33. The highest BCUT2D eigenvalue weighted by molar-refractivity contribution is 7.99. The number of aliphatic hydroxyl groups is 1. The van der Waals surface area contributed by atoms with E-state index in [0.29, 0.717) is 10.7 Å². The first-order valence-corrected chi connectivity index (χ1v) is 8.38. The van der Waals surface area contributed by atoms with Crippen molar-refractivity contribution in [1.82, 2.24) is 15.3 Å². The van der Waals surface area contributed by atoms with Crippen LogP contribution in [0.3, 0.4) is 0 Å². The summed E-state index contributed by atoms with van der Waals surface area (Å²) < 4.78 is 12.8. The lowest BCUT2D eigenvalue weighted by Crippen LogP contribution is -2.29. The Labute approximate surface area is 142 Å². The van der Waals surface area contributed by atoms with Crippen molar-refractivity contribution in [2.45, 2.75) is 11.3 Å². The minimum atomic E-state index is -0.870. The molecule has 5 nitrogen and oxygen atoms in total. The number of amides is 1. The van der Waals surface area contributed by atoms with Crippen LogP contribution < -0.4 is 5.32 Å². The van der Waals surface area contributed by atoms with Gasteiger partial charge in [0.25, 0.3) is 0 Å². The molecule has 1 unspecified atom stereocenters. The molecule has 1 atom stereocenters. The Kier molecular flexibility index (Phi) is 5.12. The summed E-state index contributed by atoms with van der Waals surface area (Å²) in [5.41, 5.74) is 2.33. The molecule has 0 aliphatic carbocycles. The Balaban J connectivity index is 1.47. The second kappa shape index (κ2) is 7.46. The van der Waals surface area contributed by atoms with Gasteiger partial charge in [-0.3, -0.25) is 4.79 Å². The van der Waals surface area contributed by atoms with E-state index in [1.807, 2.05) is 24.3 Å². The standard InChI is InChI=1S/C17H16FN3O2S/c18-12-7-5-11(6-8-12)15(22)9-19-16(23)10-24-17-20-13-3-1-2-4-14(13)21-17/h1-8,15,22H,9-10H2,(H,19,23)(H,20,21). The Morgan fingerprint density at radius 3 is 2.75 bits per heavy atom. The van der Waals surface area contributed by atoms with Gasteiger partial charge in [0.2, 0.25) is 5.91 Å². The number of thioether (sulfide) groups is 1. The maximum Gasteiger partial charge on any atom is 0.230 e. The van der Waals surface area contributed by atoms with E-state index >= 15 is 0 Å². The number of hydrogen-bond donors (Lipinski definition) is 3. The summed E-state index contributed by atoms with van der Waals surface area (Å²) in [7, 11) is 0. The first-order chi connectivity index (χ1) is 11.6. The molecule has 1 aromatic heterocycles. The molecule has 0 spiro atoms. The lowest BCUT2D eigenvalue weighted by atomic mass is 10.1. The van der Waals surface area contributed by atoms with Crippen molar-refractivity contribution in [3.05, 3.63) is 59.9 Å². The highest BCUT2D eigenvalue weighted by atomic mass is 32.2. The third-order valence-electron chi connectivity index (χ3n) is 3.45. The molecule has 0 aliphatic heterocycles. The third kappa shape index (κ3) is 4.12. The van der Waals surface area contributed by atoms with Gasteiger partial charge in [-0.1, -0.05) is 36.0 Å². The number of halogens is 1. The summed E-state index contributed by atoms with van der Waals surface area (Å²) in [6.07, 6.45) is -0.870. The van der Waals surface area contributed by atoms with Gasteiger partial charge in [0.15, 0.2) is 5.16 Å². The van der Waals surface area contributed by atoms with Crippen molar-refractivity contribution in [1.29, 1.82) is 0 Å². The average molecular weight is 345 g/mol. The highest BCUT2D eigenvalue weighted by Gasteiger charge is 2.11. The monoisotopic (exact) mass is 345 g/mol. The van der Waals surface area contributed by atoms with Crippen molar-refractivity contribution in [3.63, 3.8) is 0 Å². The number of imidazole rings is 1. The molecular formula is C17H16FN3O2S.